The highest BCUT2D eigenvalue weighted by atomic mass is 19.1. The topological polar surface area (TPSA) is 32.3 Å². The highest BCUT2D eigenvalue weighted by Gasteiger charge is 2.25. The molecule has 0 spiro atoms. The molecule has 0 bridgehead atoms. The number of nitrogens with one attached hydrogen (secondary N) is 1. The molecule has 1 amide bonds. The summed E-state index contributed by atoms with van der Waals surface area (Å²) >= 11 is 0. The van der Waals surface area contributed by atoms with Gasteiger partial charge in [0.1, 0.15) is 5.82 Å². The number of nitrogens with zero attached hydrogens (tertiary/aromatic N) is 1. The molecule has 1 aromatic rings. The van der Waals surface area contributed by atoms with Crippen LogP contribution in [-0.2, 0) is 0 Å². The maximum Gasteiger partial charge on any atom is 0.254 e. The van der Waals surface area contributed by atoms with Crippen molar-refractivity contribution in [2.45, 2.75) is 19.8 Å². The number of halogens is 1. The summed E-state index contributed by atoms with van der Waals surface area (Å²) in [7, 11) is 1.93. The predicted molar refractivity (Wildman–Crippen MR) is 73.7 cm³/mol. The Morgan fingerprint density at radius 2 is 2.32 bits per heavy atom. The van der Waals surface area contributed by atoms with E-state index >= 15 is 0 Å². The SMILES string of the molecule is CNC[C@H]1CCCN(C(=O)c2cc(F)ccc2C)C1. The highest BCUT2D eigenvalue weighted by Crippen LogP contribution is 2.20. The van der Waals surface area contributed by atoms with E-state index in [0.29, 0.717) is 11.5 Å². The van der Waals surface area contributed by atoms with E-state index in [1.807, 2.05) is 18.9 Å². The Kier molecular flexibility index (Phi) is 4.53. The lowest BCUT2D eigenvalue weighted by molar-refractivity contribution is 0.0673. The molecule has 0 aliphatic carbocycles. The Morgan fingerprint density at radius 1 is 1.53 bits per heavy atom. The van der Waals surface area contributed by atoms with Gasteiger partial charge < -0.3 is 10.2 Å². The third kappa shape index (κ3) is 3.32. The summed E-state index contributed by atoms with van der Waals surface area (Å²) in [5.74, 6) is 0.104. The Bertz CT molecular complexity index is 459. The zero-order valence-corrected chi connectivity index (χ0v) is 11.6. The molecule has 0 aromatic heterocycles. The number of aryl methyl sites for hydroxylation is 1. The fourth-order valence-electron chi connectivity index (χ4n) is 2.70. The van der Waals surface area contributed by atoms with Gasteiger partial charge in [-0.3, -0.25) is 4.79 Å². The first-order valence-corrected chi connectivity index (χ1v) is 6.82. The predicted octanol–water partition coefficient (Wildman–Crippen LogP) is 2.21. The van der Waals surface area contributed by atoms with Gasteiger partial charge in [-0.2, -0.15) is 0 Å². The van der Waals surface area contributed by atoms with Gasteiger partial charge in [-0.25, -0.2) is 4.39 Å². The minimum atomic E-state index is -0.349. The molecule has 0 saturated carbocycles. The zero-order chi connectivity index (χ0) is 13.8. The number of rotatable bonds is 3. The van der Waals surface area contributed by atoms with Gasteiger partial charge in [0.15, 0.2) is 0 Å². The Morgan fingerprint density at radius 3 is 3.05 bits per heavy atom. The minimum absolute atomic E-state index is 0.0437. The third-order valence-corrected chi connectivity index (χ3v) is 3.73. The van der Waals surface area contributed by atoms with E-state index < -0.39 is 0 Å². The van der Waals surface area contributed by atoms with Gasteiger partial charge in [0.2, 0.25) is 0 Å². The van der Waals surface area contributed by atoms with Crippen LogP contribution in [0.1, 0.15) is 28.8 Å². The lowest BCUT2D eigenvalue weighted by Crippen LogP contribution is -2.42. The van der Waals surface area contributed by atoms with Crippen LogP contribution in [0.4, 0.5) is 4.39 Å². The highest BCUT2D eigenvalue weighted by molar-refractivity contribution is 5.95. The number of carbonyl (C=O) groups excluding carboxylic acids is 1. The van der Waals surface area contributed by atoms with Crippen LogP contribution in [0.25, 0.3) is 0 Å². The standard InChI is InChI=1S/C15H21FN2O/c1-11-5-6-13(16)8-14(11)15(19)18-7-3-4-12(10-18)9-17-2/h5-6,8,12,17H,3-4,7,9-10H2,1-2H3/t12-/m1/s1. The molecule has 0 unspecified atom stereocenters. The second kappa shape index (κ2) is 6.15. The first kappa shape index (κ1) is 14.0. The molecule has 1 N–H and O–H groups in total. The molecule has 1 aliphatic heterocycles. The van der Waals surface area contributed by atoms with Crippen molar-refractivity contribution in [2.75, 3.05) is 26.7 Å². The fraction of sp³-hybridized carbons (Fsp3) is 0.533. The third-order valence-electron chi connectivity index (χ3n) is 3.73. The number of amides is 1. The van der Waals surface area contributed by atoms with E-state index in [4.69, 9.17) is 0 Å². The molecule has 1 aromatic carbocycles. The first-order chi connectivity index (χ1) is 9.11. The van der Waals surface area contributed by atoms with Crippen molar-refractivity contribution in [3.63, 3.8) is 0 Å². The van der Waals surface area contributed by atoms with Crippen molar-refractivity contribution in [1.82, 2.24) is 10.2 Å². The van der Waals surface area contributed by atoms with Crippen LogP contribution in [0.3, 0.4) is 0 Å². The van der Waals surface area contributed by atoms with Crippen LogP contribution < -0.4 is 5.32 Å². The monoisotopic (exact) mass is 264 g/mol. The molecule has 1 aliphatic rings. The van der Waals surface area contributed by atoms with Crippen molar-refractivity contribution in [3.8, 4) is 0 Å². The Balaban J connectivity index is 2.12. The van der Waals surface area contributed by atoms with Gasteiger partial charge in [0.05, 0.1) is 0 Å². The average molecular weight is 264 g/mol. The largest absolute Gasteiger partial charge is 0.338 e. The van der Waals surface area contributed by atoms with Crippen molar-refractivity contribution >= 4 is 5.91 Å². The number of benzene rings is 1. The van der Waals surface area contributed by atoms with E-state index in [-0.39, 0.29) is 11.7 Å². The smallest absolute Gasteiger partial charge is 0.254 e. The number of piperidine rings is 1. The van der Waals surface area contributed by atoms with Gasteiger partial charge in [-0.15, -0.1) is 0 Å². The van der Waals surface area contributed by atoms with Crippen molar-refractivity contribution in [2.24, 2.45) is 5.92 Å². The summed E-state index contributed by atoms with van der Waals surface area (Å²) < 4.78 is 13.3. The van der Waals surface area contributed by atoms with Crippen molar-refractivity contribution < 1.29 is 9.18 Å². The van der Waals surface area contributed by atoms with E-state index in [1.165, 1.54) is 12.1 Å². The van der Waals surface area contributed by atoms with Gasteiger partial charge in [-0.05, 0) is 57.0 Å². The summed E-state index contributed by atoms with van der Waals surface area (Å²) in [4.78, 5) is 14.3. The van der Waals surface area contributed by atoms with Crippen LogP contribution >= 0.6 is 0 Å². The number of carbonyl (C=O) groups is 1. The summed E-state index contributed by atoms with van der Waals surface area (Å²) in [6, 6.07) is 4.41. The van der Waals surface area contributed by atoms with E-state index in [2.05, 4.69) is 5.32 Å². The second-order valence-electron chi connectivity index (χ2n) is 5.28. The maximum atomic E-state index is 13.3. The molecule has 104 valence electrons. The zero-order valence-electron chi connectivity index (χ0n) is 11.6. The number of likely N-dealkylation sites (tertiary alicyclic amines) is 1. The normalized spacial score (nSPS) is 19.5. The second-order valence-corrected chi connectivity index (χ2v) is 5.28. The van der Waals surface area contributed by atoms with Crippen LogP contribution in [0.2, 0.25) is 0 Å². The molecule has 2 rings (SSSR count). The molecule has 1 saturated heterocycles. The molecule has 1 atom stereocenters. The maximum absolute atomic E-state index is 13.3. The van der Waals surface area contributed by atoms with Gasteiger partial charge in [-0.1, -0.05) is 6.07 Å². The lowest BCUT2D eigenvalue weighted by atomic mass is 9.97. The van der Waals surface area contributed by atoms with E-state index in [1.54, 1.807) is 6.07 Å². The van der Waals surface area contributed by atoms with Crippen LogP contribution in [0, 0.1) is 18.7 Å². The number of hydrogen-bond acceptors (Lipinski definition) is 2. The minimum Gasteiger partial charge on any atom is -0.338 e. The average Bonchev–Trinajstić information content (AvgIpc) is 2.41. The van der Waals surface area contributed by atoms with Gasteiger partial charge >= 0.3 is 0 Å². The Hall–Kier alpha value is -1.42. The van der Waals surface area contributed by atoms with E-state index in [0.717, 1.165) is 38.0 Å². The lowest BCUT2D eigenvalue weighted by Gasteiger charge is -2.33. The Labute approximate surface area is 113 Å². The molecule has 0 radical (unpaired) electrons. The molecule has 4 heteroatoms. The van der Waals surface area contributed by atoms with Crippen LogP contribution in [0.5, 0.6) is 0 Å². The molecule has 1 heterocycles. The number of hydrogen-bond donors (Lipinski definition) is 1. The first-order valence-electron chi connectivity index (χ1n) is 6.82. The molecule has 19 heavy (non-hydrogen) atoms. The molecule has 3 nitrogen and oxygen atoms in total. The van der Waals surface area contributed by atoms with Gasteiger partial charge in [0.25, 0.3) is 5.91 Å². The summed E-state index contributed by atoms with van der Waals surface area (Å²) in [6.07, 6.45) is 2.17. The van der Waals surface area contributed by atoms with Crippen LogP contribution in [-0.4, -0.2) is 37.5 Å². The van der Waals surface area contributed by atoms with Crippen molar-refractivity contribution in [1.29, 1.82) is 0 Å². The summed E-state index contributed by atoms with van der Waals surface area (Å²) in [5, 5.41) is 3.16. The van der Waals surface area contributed by atoms with Crippen LogP contribution in [0.15, 0.2) is 18.2 Å². The summed E-state index contributed by atoms with van der Waals surface area (Å²) in [5.41, 5.74) is 1.33. The fourth-order valence-corrected chi connectivity index (χ4v) is 2.70. The molecular formula is C15H21FN2O. The van der Waals surface area contributed by atoms with E-state index in [9.17, 15) is 9.18 Å². The summed E-state index contributed by atoms with van der Waals surface area (Å²) in [6.45, 7) is 4.30. The quantitative estimate of drug-likeness (QED) is 0.907. The molecular weight excluding hydrogens is 243 g/mol. The van der Waals surface area contributed by atoms with Gasteiger partial charge in [0, 0.05) is 18.7 Å². The molecule has 1 fully saturated rings. The van der Waals surface area contributed by atoms with Crippen molar-refractivity contribution in [3.05, 3.63) is 35.1 Å².